The fourth-order valence-electron chi connectivity index (χ4n) is 5.40. The van der Waals surface area contributed by atoms with Crippen LogP contribution >= 0.6 is 0 Å². The second-order valence-electron chi connectivity index (χ2n) is 10.5. The first-order chi connectivity index (χ1) is 17.5. The molecule has 37 heavy (non-hydrogen) atoms. The first-order valence-corrected chi connectivity index (χ1v) is 13.3. The van der Waals surface area contributed by atoms with Crippen LogP contribution in [0.2, 0.25) is 0 Å². The van der Waals surface area contributed by atoms with Crippen molar-refractivity contribution in [1.29, 1.82) is 0 Å². The lowest BCUT2D eigenvalue weighted by Crippen LogP contribution is -2.51. The summed E-state index contributed by atoms with van der Waals surface area (Å²) in [5.74, 6) is -0.675. The molecule has 208 valence electrons. The number of hydrogen-bond acceptors (Lipinski definition) is 5. The number of carbonyl (C=O) groups excluding carboxylic acids is 2. The van der Waals surface area contributed by atoms with Crippen molar-refractivity contribution in [2.75, 3.05) is 44.8 Å². The standard InChI is InChI=1S/C27H41F3N4O3/c1-5-6-19-15-21(33(4)18(2)3)8-9-23(19)32-25(35)17-31-26(36)22-16-20(27(28,29)30)7-10-24(22)34-11-13-37-14-12-34/h7,10,16,18-19,21,23H,5-6,8-9,11-15,17H2,1-4H3,(H,31,36)(H,32,35)/t19-,21-,23+/m1/s1. The second-order valence-corrected chi connectivity index (χ2v) is 10.5. The average Bonchev–Trinajstić information content (AvgIpc) is 2.87. The highest BCUT2D eigenvalue weighted by atomic mass is 19.4. The number of carbonyl (C=O) groups is 2. The van der Waals surface area contributed by atoms with Gasteiger partial charge in [-0.05, 0) is 70.7 Å². The van der Waals surface area contributed by atoms with Crippen molar-refractivity contribution >= 4 is 17.5 Å². The summed E-state index contributed by atoms with van der Waals surface area (Å²) in [5, 5.41) is 5.63. The molecule has 1 aliphatic heterocycles. The topological polar surface area (TPSA) is 73.9 Å². The molecule has 3 rings (SSSR count). The van der Waals surface area contributed by atoms with E-state index in [1.54, 1.807) is 0 Å². The molecule has 1 saturated heterocycles. The quantitative estimate of drug-likeness (QED) is 0.508. The highest BCUT2D eigenvalue weighted by Gasteiger charge is 2.34. The Labute approximate surface area is 218 Å². The number of amides is 2. The van der Waals surface area contributed by atoms with Crippen molar-refractivity contribution in [2.24, 2.45) is 5.92 Å². The van der Waals surface area contributed by atoms with Gasteiger partial charge in [-0.2, -0.15) is 13.2 Å². The number of rotatable bonds is 9. The lowest BCUT2D eigenvalue weighted by molar-refractivity contribution is -0.137. The number of ether oxygens (including phenoxy) is 1. The van der Waals surface area contributed by atoms with E-state index in [1.807, 2.05) is 4.90 Å². The summed E-state index contributed by atoms with van der Waals surface area (Å²) < 4.78 is 45.4. The van der Waals surface area contributed by atoms with E-state index in [-0.39, 0.29) is 24.1 Å². The van der Waals surface area contributed by atoms with E-state index in [0.29, 0.717) is 50.0 Å². The lowest BCUT2D eigenvalue weighted by atomic mass is 9.78. The van der Waals surface area contributed by atoms with Gasteiger partial charge in [-0.1, -0.05) is 13.3 Å². The summed E-state index contributed by atoms with van der Waals surface area (Å²) in [6.45, 7) is 8.01. The SMILES string of the molecule is CCC[C@@H]1C[C@H](N(C)C(C)C)CC[C@@H]1NC(=O)CNC(=O)c1cc(C(F)(F)F)ccc1N1CCOCC1. The summed E-state index contributed by atoms with van der Waals surface area (Å²) in [5.41, 5.74) is -0.583. The molecule has 3 atom stereocenters. The summed E-state index contributed by atoms with van der Waals surface area (Å²) in [4.78, 5) is 30.0. The number of nitrogens with one attached hydrogen (secondary N) is 2. The van der Waals surface area contributed by atoms with Gasteiger partial charge in [0.05, 0.1) is 30.9 Å². The number of hydrogen-bond donors (Lipinski definition) is 2. The molecule has 10 heteroatoms. The van der Waals surface area contributed by atoms with Crippen LogP contribution in [0.1, 0.15) is 68.8 Å². The summed E-state index contributed by atoms with van der Waals surface area (Å²) in [7, 11) is 2.14. The summed E-state index contributed by atoms with van der Waals surface area (Å²) in [6.07, 6.45) is 0.304. The smallest absolute Gasteiger partial charge is 0.378 e. The zero-order valence-corrected chi connectivity index (χ0v) is 22.4. The van der Waals surface area contributed by atoms with Gasteiger partial charge in [0.2, 0.25) is 5.91 Å². The zero-order valence-electron chi connectivity index (χ0n) is 22.4. The van der Waals surface area contributed by atoms with Crippen molar-refractivity contribution in [3.63, 3.8) is 0 Å². The highest BCUT2D eigenvalue weighted by molar-refractivity contribution is 6.01. The van der Waals surface area contributed by atoms with E-state index in [2.05, 4.69) is 43.4 Å². The van der Waals surface area contributed by atoms with Crippen molar-refractivity contribution in [1.82, 2.24) is 15.5 Å². The highest BCUT2D eigenvalue weighted by Crippen LogP contribution is 2.34. The third-order valence-corrected chi connectivity index (χ3v) is 7.68. The van der Waals surface area contributed by atoms with Crippen molar-refractivity contribution in [3.05, 3.63) is 29.3 Å². The van der Waals surface area contributed by atoms with Crippen LogP contribution < -0.4 is 15.5 Å². The molecule has 1 aliphatic carbocycles. The molecule has 1 aromatic rings. The molecule has 2 N–H and O–H groups in total. The number of anilines is 1. The van der Waals surface area contributed by atoms with Gasteiger partial charge < -0.3 is 25.2 Å². The van der Waals surface area contributed by atoms with Crippen molar-refractivity contribution < 1.29 is 27.5 Å². The Kier molecular flexibility index (Phi) is 10.2. The molecule has 0 spiro atoms. The van der Waals surface area contributed by atoms with Gasteiger partial charge in [0.15, 0.2) is 0 Å². The Morgan fingerprint density at radius 3 is 2.51 bits per heavy atom. The summed E-state index contributed by atoms with van der Waals surface area (Å²) in [6, 6.07) is 4.12. The van der Waals surface area contributed by atoms with Crippen LogP contribution in [0.15, 0.2) is 18.2 Å². The first kappa shape index (κ1) is 29.2. The molecule has 0 unspecified atom stereocenters. The predicted octanol–water partition coefficient (Wildman–Crippen LogP) is 4.07. The van der Waals surface area contributed by atoms with E-state index in [1.165, 1.54) is 6.07 Å². The third kappa shape index (κ3) is 7.83. The average molecular weight is 527 g/mol. The predicted molar refractivity (Wildman–Crippen MR) is 138 cm³/mol. The van der Waals surface area contributed by atoms with Crippen LogP contribution in [-0.2, 0) is 15.7 Å². The number of morpholine rings is 1. The number of alkyl halides is 3. The molecule has 0 aromatic heterocycles. The van der Waals surface area contributed by atoms with E-state index >= 15 is 0 Å². The van der Waals surface area contributed by atoms with Gasteiger partial charge in [0.1, 0.15) is 0 Å². The Hall–Kier alpha value is -2.33. The van der Waals surface area contributed by atoms with Gasteiger partial charge in [-0.3, -0.25) is 9.59 Å². The Balaban J connectivity index is 1.65. The van der Waals surface area contributed by atoms with E-state index in [9.17, 15) is 22.8 Å². The molecule has 1 saturated carbocycles. The number of benzene rings is 1. The number of nitrogens with zero attached hydrogens (tertiary/aromatic N) is 2. The number of halogens is 3. The largest absolute Gasteiger partial charge is 0.416 e. The first-order valence-electron chi connectivity index (χ1n) is 13.3. The molecule has 2 aliphatic rings. The minimum Gasteiger partial charge on any atom is -0.378 e. The Morgan fingerprint density at radius 1 is 1.19 bits per heavy atom. The normalized spacial score (nSPS) is 22.8. The van der Waals surface area contributed by atoms with Crippen LogP contribution in [0.4, 0.5) is 18.9 Å². The van der Waals surface area contributed by atoms with Crippen LogP contribution in [0.5, 0.6) is 0 Å². The molecular weight excluding hydrogens is 485 g/mol. The second kappa shape index (κ2) is 13.0. The molecule has 2 amide bonds. The molecule has 2 fully saturated rings. The molecule has 0 radical (unpaired) electrons. The molecule has 0 bridgehead atoms. The zero-order chi connectivity index (χ0) is 27.2. The van der Waals surface area contributed by atoms with Gasteiger partial charge in [-0.25, -0.2) is 0 Å². The van der Waals surface area contributed by atoms with Gasteiger partial charge in [0, 0.05) is 36.9 Å². The van der Waals surface area contributed by atoms with E-state index < -0.39 is 17.6 Å². The van der Waals surface area contributed by atoms with Gasteiger partial charge in [-0.15, -0.1) is 0 Å². The van der Waals surface area contributed by atoms with Crippen molar-refractivity contribution in [3.8, 4) is 0 Å². The molecular formula is C27H41F3N4O3. The Morgan fingerprint density at radius 2 is 1.89 bits per heavy atom. The minimum atomic E-state index is -4.58. The monoisotopic (exact) mass is 526 g/mol. The fraction of sp³-hybridized carbons (Fsp3) is 0.704. The third-order valence-electron chi connectivity index (χ3n) is 7.68. The molecule has 1 aromatic carbocycles. The maximum absolute atomic E-state index is 13.4. The minimum absolute atomic E-state index is 0.0265. The maximum Gasteiger partial charge on any atom is 0.416 e. The van der Waals surface area contributed by atoms with Crippen LogP contribution in [0.25, 0.3) is 0 Å². The fourth-order valence-corrected chi connectivity index (χ4v) is 5.40. The van der Waals surface area contributed by atoms with Gasteiger partial charge >= 0.3 is 6.18 Å². The summed E-state index contributed by atoms with van der Waals surface area (Å²) >= 11 is 0. The van der Waals surface area contributed by atoms with E-state index in [4.69, 9.17) is 4.74 Å². The van der Waals surface area contributed by atoms with E-state index in [0.717, 1.165) is 44.2 Å². The van der Waals surface area contributed by atoms with Crippen LogP contribution in [-0.4, -0.2) is 74.7 Å². The molecule has 1 heterocycles. The maximum atomic E-state index is 13.4. The van der Waals surface area contributed by atoms with Gasteiger partial charge in [0.25, 0.3) is 5.91 Å². The van der Waals surface area contributed by atoms with Crippen molar-refractivity contribution in [2.45, 2.75) is 77.2 Å². The Bertz CT molecular complexity index is 919. The molecule has 7 nitrogen and oxygen atoms in total. The van der Waals surface area contributed by atoms with Crippen LogP contribution in [0, 0.1) is 5.92 Å². The van der Waals surface area contributed by atoms with Crippen LogP contribution in [0.3, 0.4) is 0 Å². The lowest BCUT2D eigenvalue weighted by Gasteiger charge is -2.41.